The number of fused-ring (bicyclic) bond motifs is 1. The average Bonchev–Trinajstić information content (AvgIpc) is 2.86. The number of aryl methyl sites for hydroxylation is 1. The molecule has 3 rings (SSSR count). The van der Waals surface area contributed by atoms with Crippen molar-refractivity contribution in [2.24, 2.45) is 0 Å². The lowest BCUT2D eigenvalue weighted by molar-refractivity contribution is -0.114. The molecule has 4 nitrogen and oxygen atoms in total. The molecule has 0 aliphatic carbocycles. The van der Waals surface area contributed by atoms with E-state index in [2.05, 4.69) is 31.4 Å². The predicted octanol–water partition coefficient (Wildman–Crippen LogP) is 3.88. The van der Waals surface area contributed by atoms with Crippen LogP contribution >= 0.6 is 0 Å². The molecule has 22 heavy (non-hydrogen) atoms. The van der Waals surface area contributed by atoms with E-state index in [-0.39, 0.29) is 5.91 Å². The van der Waals surface area contributed by atoms with Gasteiger partial charge in [-0.15, -0.1) is 0 Å². The Hall–Kier alpha value is -2.62. The molecule has 0 aliphatic heterocycles. The summed E-state index contributed by atoms with van der Waals surface area (Å²) in [5.74, 6) is -0.0570. The van der Waals surface area contributed by atoms with E-state index in [0.717, 1.165) is 33.7 Å². The summed E-state index contributed by atoms with van der Waals surface area (Å²) >= 11 is 0. The summed E-state index contributed by atoms with van der Waals surface area (Å²) in [5, 5.41) is 2.86. The van der Waals surface area contributed by atoms with Gasteiger partial charge in [0.05, 0.1) is 5.69 Å². The van der Waals surface area contributed by atoms with Gasteiger partial charge in [0.25, 0.3) is 0 Å². The van der Waals surface area contributed by atoms with E-state index in [9.17, 15) is 4.79 Å². The molecular weight excluding hydrogens is 274 g/mol. The molecule has 0 aliphatic rings. The smallest absolute Gasteiger partial charge is 0.221 e. The highest BCUT2D eigenvalue weighted by molar-refractivity contribution is 5.90. The fraction of sp³-hybridized carbons (Fsp3) is 0.222. The van der Waals surface area contributed by atoms with Crippen LogP contribution in [0.1, 0.15) is 23.6 Å². The molecule has 0 bridgehead atoms. The van der Waals surface area contributed by atoms with Gasteiger partial charge in [-0.1, -0.05) is 12.1 Å². The van der Waals surface area contributed by atoms with Gasteiger partial charge in [-0.05, 0) is 49.6 Å². The van der Waals surface area contributed by atoms with Crippen LogP contribution in [0.3, 0.4) is 0 Å². The fourth-order valence-electron chi connectivity index (χ4n) is 2.66. The molecule has 4 heteroatoms. The minimum Gasteiger partial charge on any atom is -0.326 e. The molecule has 1 aromatic carbocycles. The van der Waals surface area contributed by atoms with Crippen LogP contribution in [0.4, 0.5) is 5.69 Å². The lowest BCUT2D eigenvalue weighted by Gasteiger charge is -2.12. The summed E-state index contributed by atoms with van der Waals surface area (Å²) in [6.07, 6.45) is 4.11. The zero-order valence-electron chi connectivity index (χ0n) is 13.3. The maximum absolute atomic E-state index is 11.3. The van der Waals surface area contributed by atoms with Gasteiger partial charge in [0.15, 0.2) is 0 Å². The Morgan fingerprint density at radius 3 is 2.55 bits per heavy atom. The lowest BCUT2D eigenvalue weighted by atomic mass is 9.99. The molecule has 0 saturated carbocycles. The van der Waals surface area contributed by atoms with E-state index in [1.807, 2.05) is 35.7 Å². The Kier molecular flexibility index (Phi) is 3.45. The van der Waals surface area contributed by atoms with Crippen LogP contribution in [0.2, 0.25) is 0 Å². The number of amides is 1. The summed E-state index contributed by atoms with van der Waals surface area (Å²) in [5.41, 5.74) is 7.23. The molecule has 0 saturated heterocycles. The second-order valence-corrected chi connectivity index (χ2v) is 5.69. The van der Waals surface area contributed by atoms with Crippen LogP contribution in [-0.2, 0) is 4.79 Å². The molecule has 1 N–H and O–H groups in total. The minimum atomic E-state index is -0.0570. The zero-order chi connectivity index (χ0) is 15.9. The van der Waals surface area contributed by atoms with Crippen molar-refractivity contribution < 1.29 is 4.79 Å². The quantitative estimate of drug-likeness (QED) is 0.779. The van der Waals surface area contributed by atoms with Crippen molar-refractivity contribution >= 4 is 17.2 Å². The zero-order valence-corrected chi connectivity index (χ0v) is 13.3. The van der Waals surface area contributed by atoms with Crippen LogP contribution < -0.4 is 5.32 Å². The third-order valence-corrected chi connectivity index (χ3v) is 3.97. The molecule has 0 atom stereocenters. The van der Waals surface area contributed by atoms with Crippen molar-refractivity contribution in [1.82, 2.24) is 9.38 Å². The van der Waals surface area contributed by atoms with Gasteiger partial charge in [-0.3, -0.25) is 4.79 Å². The molecule has 112 valence electrons. The number of imidazole rings is 1. The molecular formula is C18H19N3O. The Morgan fingerprint density at radius 1 is 1.05 bits per heavy atom. The van der Waals surface area contributed by atoms with Crippen molar-refractivity contribution in [3.05, 3.63) is 53.3 Å². The number of benzene rings is 1. The molecule has 2 aromatic heterocycles. The van der Waals surface area contributed by atoms with Crippen LogP contribution in [0.25, 0.3) is 16.9 Å². The highest BCUT2D eigenvalue weighted by Crippen LogP contribution is 2.29. The first kappa shape index (κ1) is 14.3. The highest BCUT2D eigenvalue weighted by Gasteiger charge is 2.11. The fourth-order valence-corrected chi connectivity index (χ4v) is 2.66. The third kappa shape index (κ3) is 2.48. The first-order valence-corrected chi connectivity index (χ1v) is 7.29. The first-order valence-electron chi connectivity index (χ1n) is 7.29. The Balaban J connectivity index is 2.10. The Bertz CT molecular complexity index is 877. The Morgan fingerprint density at radius 2 is 1.82 bits per heavy atom. The standard InChI is InChI=1S/C18H19N3O/c1-11-5-8-18-20-17(10-21(18)9-11)15-6-7-16(19-14(4)22)13(3)12(15)2/h5-10H,1-4H3,(H,19,22). The van der Waals surface area contributed by atoms with E-state index in [4.69, 9.17) is 4.98 Å². The second kappa shape index (κ2) is 5.30. The molecule has 0 fully saturated rings. The van der Waals surface area contributed by atoms with Crippen molar-refractivity contribution in [2.75, 3.05) is 5.32 Å². The average molecular weight is 293 g/mol. The van der Waals surface area contributed by atoms with Gasteiger partial charge in [-0.2, -0.15) is 0 Å². The molecule has 0 unspecified atom stereocenters. The maximum Gasteiger partial charge on any atom is 0.221 e. The van der Waals surface area contributed by atoms with Crippen LogP contribution in [0.15, 0.2) is 36.7 Å². The van der Waals surface area contributed by atoms with Crippen molar-refractivity contribution in [1.29, 1.82) is 0 Å². The van der Waals surface area contributed by atoms with Crippen LogP contribution in [-0.4, -0.2) is 15.3 Å². The Labute approximate surface area is 129 Å². The van der Waals surface area contributed by atoms with Gasteiger partial charge in [-0.25, -0.2) is 4.98 Å². The van der Waals surface area contributed by atoms with Gasteiger partial charge in [0, 0.05) is 30.6 Å². The van der Waals surface area contributed by atoms with Crippen LogP contribution in [0.5, 0.6) is 0 Å². The summed E-state index contributed by atoms with van der Waals surface area (Å²) in [4.78, 5) is 15.9. The maximum atomic E-state index is 11.3. The number of aromatic nitrogens is 2. The van der Waals surface area contributed by atoms with Crippen molar-refractivity contribution in [2.45, 2.75) is 27.7 Å². The van der Waals surface area contributed by atoms with Gasteiger partial charge in [0.2, 0.25) is 5.91 Å². The topological polar surface area (TPSA) is 46.4 Å². The number of pyridine rings is 1. The second-order valence-electron chi connectivity index (χ2n) is 5.69. The molecule has 2 heterocycles. The lowest BCUT2D eigenvalue weighted by Crippen LogP contribution is -2.08. The van der Waals surface area contributed by atoms with Crippen molar-refractivity contribution in [3.63, 3.8) is 0 Å². The number of hydrogen-bond donors (Lipinski definition) is 1. The predicted molar refractivity (Wildman–Crippen MR) is 89.1 cm³/mol. The largest absolute Gasteiger partial charge is 0.326 e. The van der Waals surface area contributed by atoms with Gasteiger partial charge < -0.3 is 9.72 Å². The SMILES string of the molecule is CC(=O)Nc1ccc(-c2cn3cc(C)ccc3n2)c(C)c1C. The summed E-state index contributed by atoms with van der Waals surface area (Å²) in [6, 6.07) is 8.04. The number of anilines is 1. The minimum absolute atomic E-state index is 0.0570. The van der Waals surface area contributed by atoms with E-state index in [0.29, 0.717) is 0 Å². The first-order chi connectivity index (χ1) is 10.5. The monoisotopic (exact) mass is 293 g/mol. The van der Waals surface area contributed by atoms with E-state index >= 15 is 0 Å². The van der Waals surface area contributed by atoms with Gasteiger partial charge in [0.1, 0.15) is 5.65 Å². The molecule has 0 radical (unpaired) electrons. The number of rotatable bonds is 2. The summed E-state index contributed by atoms with van der Waals surface area (Å²) in [7, 11) is 0. The molecule has 3 aromatic rings. The summed E-state index contributed by atoms with van der Waals surface area (Å²) < 4.78 is 2.04. The normalized spacial score (nSPS) is 10.9. The van der Waals surface area contributed by atoms with Gasteiger partial charge >= 0.3 is 0 Å². The number of nitrogens with one attached hydrogen (secondary N) is 1. The molecule has 1 amide bonds. The van der Waals surface area contributed by atoms with E-state index < -0.39 is 0 Å². The number of carbonyl (C=O) groups excluding carboxylic acids is 1. The van der Waals surface area contributed by atoms with Crippen LogP contribution in [0, 0.1) is 20.8 Å². The number of carbonyl (C=O) groups is 1. The summed E-state index contributed by atoms with van der Waals surface area (Å²) in [6.45, 7) is 7.67. The highest BCUT2D eigenvalue weighted by atomic mass is 16.1. The van der Waals surface area contributed by atoms with Crippen molar-refractivity contribution in [3.8, 4) is 11.3 Å². The number of hydrogen-bond acceptors (Lipinski definition) is 2. The molecule has 0 spiro atoms. The van der Waals surface area contributed by atoms with E-state index in [1.165, 1.54) is 12.5 Å². The third-order valence-electron chi connectivity index (χ3n) is 3.97. The van der Waals surface area contributed by atoms with E-state index in [1.54, 1.807) is 0 Å². The number of nitrogens with zero attached hydrogens (tertiary/aromatic N) is 2.